The second kappa shape index (κ2) is 6.24. The third-order valence-corrected chi connectivity index (χ3v) is 3.91. The zero-order valence-corrected chi connectivity index (χ0v) is 12.2. The fourth-order valence-corrected chi connectivity index (χ4v) is 2.60. The van der Waals surface area contributed by atoms with Gasteiger partial charge in [-0.25, -0.2) is 4.98 Å². The van der Waals surface area contributed by atoms with Gasteiger partial charge in [0.15, 0.2) is 0 Å². The average Bonchev–Trinajstić information content (AvgIpc) is 3.03. The minimum atomic E-state index is -0.186. The van der Waals surface area contributed by atoms with Gasteiger partial charge in [0, 0.05) is 18.4 Å². The summed E-state index contributed by atoms with van der Waals surface area (Å²) in [5.74, 6) is 0.393. The largest absolute Gasteiger partial charge is 0.322 e. The number of carbonyl (C=O) groups excluding carboxylic acids is 1. The second-order valence-corrected chi connectivity index (χ2v) is 5.52. The molecule has 1 aliphatic rings. The van der Waals surface area contributed by atoms with Crippen LogP contribution in [0.5, 0.6) is 0 Å². The molecule has 0 aliphatic carbocycles. The summed E-state index contributed by atoms with van der Waals surface area (Å²) in [4.78, 5) is 16.0. The van der Waals surface area contributed by atoms with Crippen LogP contribution in [0.2, 0.25) is 5.15 Å². The van der Waals surface area contributed by atoms with Gasteiger partial charge < -0.3 is 10.6 Å². The predicted molar refractivity (Wildman–Crippen MR) is 83.9 cm³/mol. The van der Waals surface area contributed by atoms with Crippen LogP contribution < -0.4 is 10.6 Å². The van der Waals surface area contributed by atoms with Crippen LogP contribution in [0, 0.1) is 0 Å². The molecule has 1 unspecified atom stereocenters. The molecule has 0 bridgehead atoms. The minimum absolute atomic E-state index is 0.186. The summed E-state index contributed by atoms with van der Waals surface area (Å²) < 4.78 is 0. The van der Waals surface area contributed by atoms with Crippen LogP contribution in [-0.2, 0) is 0 Å². The maximum absolute atomic E-state index is 12.1. The van der Waals surface area contributed by atoms with E-state index in [0.717, 1.165) is 18.8 Å². The normalized spacial score (nSPS) is 17.7. The predicted octanol–water partition coefficient (Wildman–Crippen LogP) is 3.06. The van der Waals surface area contributed by atoms with Crippen molar-refractivity contribution in [2.24, 2.45) is 0 Å². The lowest BCUT2D eigenvalue weighted by atomic mass is 9.98. The lowest BCUT2D eigenvalue weighted by Gasteiger charge is -2.10. The van der Waals surface area contributed by atoms with Gasteiger partial charge in [0.1, 0.15) is 5.15 Å². The molecule has 0 spiro atoms. The van der Waals surface area contributed by atoms with E-state index >= 15 is 0 Å². The van der Waals surface area contributed by atoms with Crippen LogP contribution in [0.1, 0.15) is 28.3 Å². The van der Waals surface area contributed by atoms with E-state index in [1.165, 1.54) is 18.2 Å². The minimum Gasteiger partial charge on any atom is -0.322 e. The highest BCUT2D eigenvalue weighted by Crippen LogP contribution is 2.23. The molecule has 1 aromatic heterocycles. The maximum Gasteiger partial charge on any atom is 0.257 e. The molecular weight excluding hydrogens is 286 g/mol. The zero-order valence-electron chi connectivity index (χ0n) is 11.5. The van der Waals surface area contributed by atoms with Crippen LogP contribution in [-0.4, -0.2) is 24.0 Å². The van der Waals surface area contributed by atoms with Crippen molar-refractivity contribution in [1.82, 2.24) is 10.3 Å². The summed E-state index contributed by atoms with van der Waals surface area (Å²) in [6, 6.07) is 11.3. The Balaban J connectivity index is 1.67. The Hall–Kier alpha value is -1.91. The summed E-state index contributed by atoms with van der Waals surface area (Å²) >= 11 is 5.71. The first-order valence-electron chi connectivity index (χ1n) is 6.96. The molecule has 2 N–H and O–H groups in total. The van der Waals surface area contributed by atoms with Gasteiger partial charge in [-0.15, -0.1) is 0 Å². The third kappa shape index (κ3) is 3.40. The van der Waals surface area contributed by atoms with Crippen molar-refractivity contribution in [2.45, 2.75) is 12.3 Å². The van der Waals surface area contributed by atoms with Crippen molar-refractivity contribution in [3.63, 3.8) is 0 Å². The van der Waals surface area contributed by atoms with Crippen LogP contribution in [0.15, 0.2) is 42.6 Å². The quantitative estimate of drug-likeness (QED) is 0.857. The Bertz CT molecular complexity index is 619. The van der Waals surface area contributed by atoms with E-state index in [2.05, 4.69) is 27.8 Å². The molecule has 21 heavy (non-hydrogen) atoms. The van der Waals surface area contributed by atoms with Gasteiger partial charge in [0.25, 0.3) is 5.91 Å². The molecule has 108 valence electrons. The van der Waals surface area contributed by atoms with Gasteiger partial charge in [-0.05, 0) is 48.7 Å². The van der Waals surface area contributed by atoms with E-state index in [-0.39, 0.29) is 5.91 Å². The zero-order chi connectivity index (χ0) is 14.7. The summed E-state index contributed by atoms with van der Waals surface area (Å²) in [6.07, 6.45) is 2.64. The molecule has 1 atom stereocenters. The highest BCUT2D eigenvalue weighted by atomic mass is 35.5. The van der Waals surface area contributed by atoms with E-state index in [9.17, 15) is 4.79 Å². The van der Waals surface area contributed by atoms with E-state index in [4.69, 9.17) is 11.6 Å². The van der Waals surface area contributed by atoms with Crippen molar-refractivity contribution >= 4 is 23.2 Å². The van der Waals surface area contributed by atoms with Gasteiger partial charge in [0.05, 0.1) is 5.56 Å². The Morgan fingerprint density at radius 3 is 2.67 bits per heavy atom. The molecule has 1 aliphatic heterocycles. The van der Waals surface area contributed by atoms with E-state index in [1.54, 1.807) is 12.1 Å². The van der Waals surface area contributed by atoms with E-state index < -0.39 is 0 Å². The third-order valence-electron chi connectivity index (χ3n) is 3.69. The number of hydrogen-bond acceptors (Lipinski definition) is 3. The fraction of sp³-hybridized carbons (Fsp3) is 0.250. The van der Waals surface area contributed by atoms with Gasteiger partial charge in [-0.1, -0.05) is 23.7 Å². The monoisotopic (exact) mass is 301 g/mol. The Morgan fingerprint density at radius 2 is 2.05 bits per heavy atom. The first-order chi connectivity index (χ1) is 10.2. The summed E-state index contributed by atoms with van der Waals surface area (Å²) in [7, 11) is 0. The van der Waals surface area contributed by atoms with Gasteiger partial charge in [-0.3, -0.25) is 4.79 Å². The number of benzene rings is 1. The van der Waals surface area contributed by atoms with Crippen LogP contribution in [0.3, 0.4) is 0 Å². The number of rotatable bonds is 3. The number of carbonyl (C=O) groups is 1. The summed E-state index contributed by atoms with van der Waals surface area (Å²) in [5.41, 5.74) is 2.58. The Morgan fingerprint density at radius 1 is 1.24 bits per heavy atom. The highest BCUT2D eigenvalue weighted by Gasteiger charge is 2.16. The molecule has 3 rings (SSSR count). The number of hydrogen-bond donors (Lipinski definition) is 2. The molecule has 1 amide bonds. The first kappa shape index (κ1) is 14.0. The lowest BCUT2D eigenvalue weighted by Crippen LogP contribution is -2.12. The van der Waals surface area contributed by atoms with Crippen LogP contribution in [0.25, 0.3) is 0 Å². The number of anilines is 1. The molecule has 2 aromatic rings. The first-order valence-corrected chi connectivity index (χ1v) is 7.34. The van der Waals surface area contributed by atoms with Crippen LogP contribution in [0.4, 0.5) is 5.69 Å². The number of nitrogens with zero attached hydrogens (tertiary/aromatic N) is 1. The van der Waals surface area contributed by atoms with Gasteiger partial charge >= 0.3 is 0 Å². The number of aromatic nitrogens is 1. The van der Waals surface area contributed by atoms with Crippen molar-refractivity contribution in [3.8, 4) is 0 Å². The van der Waals surface area contributed by atoms with Crippen molar-refractivity contribution in [1.29, 1.82) is 0 Å². The highest BCUT2D eigenvalue weighted by molar-refractivity contribution is 6.29. The molecular formula is C16H16ClN3O. The number of pyridine rings is 1. The maximum atomic E-state index is 12.1. The fourth-order valence-electron chi connectivity index (χ4n) is 2.49. The second-order valence-electron chi connectivity index (χ2n) is 5.14. The molecule has 5 heteroatoms. The van der Waals surface area contributed by atoms with Gasteiger partial charge in [0.2, 0.25) is 0 Å². The molecule has 4 nitrogen and oxygen atoms in total. The number of nitrogens with one attached hydrogen (secondary N) is 2. The van der Waals surface area contributed by atoms with Gasteiger partial charge in [-0.2, -0.15) is 0 Å². The number of amides is 1. The van der Waals surface area contributed by atoms with Crippen LogP contribution >= 0.6 is 11.6 Å². The molecule has 2 heterocycles. The topological polar surface area (TPSA) is 54.0 Å². The molecule has 0 radical (unpaired) electrons. The summed E-state index contributed by atoms with van der Waals surface area (Å²) in [5, 5.41) is 6.59. The number of halogens is 1. The smallest absolute Gasteiger partial charge is 0.257 e. The molecule has 0 saturated carbocycles. The van der Waals surface area contributed by atoms with E-state index in [1.807, 2.05) is 12.1 Å². The summed E-state index contributed by atoms with van der Waals surface area (Å²) in [6.45, 7) is 2.11. The lowest BCUT2D eigenvalue weighted by molar-refractivity contribution is 0.102. The van der Waals surface area contributed by atoms with Crippen molar-refractivity contribution < 1.29 is 4.79 Å². The molecule has 1 saturated heterocycles. The standard InChI is InChI=1S/C16H16ClN3O/c17-15-6-3-13(10-19-15)16(21)20-14-4-1-11(2-5-14)12-7-8-18-9-12/h1-6,10,12,18H,7-9H2,(H,20,21). The Labute approximate surface area is 128 Å². The average molecular weight is 302 g/mol. The Kier molecular flexibility index (Phi) is 4.18. The molecule has 1 aromatic carbocycles. The van der Waals surface area contributed by atoms with Crippen molar-refractivity contribution in [2.75, 3.05) is 18.4 Å². The van der Waals surface area contributed by atoms with Crippen molar-refractivity contribution in [3.05, 3.63) is 58.9 Å². The molecule has 1 fully saturated rings. The SMILES string of the molecule is O=C(Nc1ccc(C2CCNC2)cc1)c1ccc(Cl)nc1. The van der Waals surface area contributed by atoms with E-state index in [0.29, 0.717) is 16.6 Å².